The Morgan fingerprint density at radius 2 is 1.65 bits per heavy atom. The summed E-state index contributed by atoms with van der Waals surface area (Å²) in [6.45, 7) is 1.39. The number of carbonyl (C=O) groups is 1. The molecule has 104 valence electrons. The van der Waals surface area contributed by atoms with Crippen LogP contribution in [-0.2, 0) is 6.18 Å². The largest absolute Gasteiger partial charge is 0.416 e. The predicted octanol–water partition coefficient (Wildman–Crippen LogP) is 5.23. The molecule has 0 spiro atoms. The van der Waals surface area contributed by atoms with Crippen LogP contribution < -0.4 is 0 Å². The van der Waals surface area contributed by atoms with Crippen LogP contribution in [0.2, 0.25) is 5.02 Å². The van der Waals surface area contributed by atoms with Crippen molar-refractivity contribution in [2.45, 2.75) is 13.1 Å². The van der Waals surface area contributed by atoms with Crippen molar-refractivity contribution < 1.29 is 18.0 Å². The Hall–Kier alpha value is -1.81. The highest BCUT2D eigenvalue weighted by molar-refractivity contribution is 6.34. The smallest absolute Gasteiger partial charge is 0.294 e. The summed E-state index contributed by atoms with van der Waals surface area (Å²) < 4.78 is 37.6. The molecule has 0 aliphatic heterocycles. The van der Waals surface area contributed by atoms with Crippen LogP contribution in [0.4, 0.5) is 13.2 Å². The van der Waals surface area contributed by atoms with Gasteiger partial charge in [-0.2, -0.15) is 13.2 Å². The molecule has 5 heteroatoms. The quantitative estimate of drug-likeness (QED) is 0.694. The van der Waals surface area contributed by atoms with Crippen LogP contribution in [0.15, 0.2) is 42.5 Å². The first-order valence-corrected chi connectivity index (χ1v) is 6.15. The summed E-state index contributed by atoms with van der Waals surface area (Å²) in [5.41, 5.74) is 0.583. The molecule has 0 heterocycles. The molecule has 0 saturated heterocycles. The van der Waals surface area contributed by atoms with Crippen LogP contribution in [0, 0.1) is 0 Å². The molecular formula is C15H10ClF3O. The normalized spacial score (nSPS) is 11.4. The van der Waals surface area contributed by atoms with Gasteiger partial charge in [0, 0.05) is 16.1 Å². The average molecular weight is 299 g/mol. The zero-order valence-corrected chi connectivity index (χ0v) is 11.2. The summed E-state index contributed by atoms with van der Waals surface area (Å²) in [4.78, 5) is 11.6. The number of carbonyl (C=O) groups excluding carboxylic acids is 1. The monoisotopic (exact) mass is 298 g/mol. The van der Waals surface area contributed by atoms with Gasteiger partial charge >= 0.3 is 6.18 Å². The highest BCUT2D eigenvalue weighted by Gasteiger charge is 2.30. The van der Waals surface area contributed by atoms with Gasteiger partial charge < -0.3 is 0 Å². The zero-order valence-electron chi connectivity index (χ0n) is 10.5. The van der Waals surface area contributed by atoms with Gasteiger partial charge in [-0.1, -0.05) is 35.9 Å². The van der Waals surface area contributed by atoms with E-state index in [9.17, 15) is 18.0 Å². The summed E-state index contributed by atoms with van der Waals surface area (Å²) >= 11 is 6.06. The van der Waals surface area contributed by atoms with Crippen molar-refractivity contribution in [1.82, 2.24) is 0 Å². The number of halogens is 4. The number of alkyl halides is 3. The zero-order chi connectivity index (χ0) is 14.9. The number of hydrogen-bond donors (Lipinski definition) is 0. The fraction of sp³-hybridized carbons (Fsp3) is 0.133. The Balaban J connectivity index is 2.55. The maximum Gasteiger partial charge on any atom is 0.416 e. The Morgan fingerprint density at radius 3 is 2.15 bits per heavy atom. The Kier molecular flexibility index (Phi) is 3.86. The van der Waals surface area contributed by atoms with Gasteiger partial charge in [0.1, 0.15) is 0 Å². The van der Waals surface area contributed by atoms with Crippen molar-refractivity contribution in [3.8, 4) is 11.1 Å². The van der Waals surface area contributed by atoms with Crippen LogP contribution >= 0.6 is 11.6 Å². The molecule has 2 aromatic rings. The lowest BCUT2D eigenvalue weighted by molar-refractivity contribution is -0.137. The second-order valence-electron chi connectivity index (χ2n) is 4.29. The van der Waals surface area contributed by atoms with Crippen LogP contribution in [0.1, 0.15) is 22.8 Å². The second-order valence-corrected chi connectivity index (χ2v) is 4.70. The van der Waals surface area contributed by atoms with E-state index >= 15 is 0 Å². The van der Waals surface area contributed by atoms with Crippen LogP contribution in [-0.4, -0.2) is 5.78 Å². The summed E-state index contributed by atoms with van der Waals surface area (Å²) in [6.07, 6.45) is -4.39. The molecule has 0 unspecified atom stereocenters. The van der Waals surface area contributed by atoms with Gasteiger partial charge in [0.2, 0.25) is 0 Å². The van der Waals surface area contributed by atoms with Crippen LogP contribution in [0.25, 0.3) is 11.1 Å². The van der Waals surface area contributed by atoms with E-state index in [0.717, 1.165) is 12.1 Å². The highest BCUT2D eigenvalue weighted by Crippen LogP contribution is 2.35. The lowest BCUT2D eigenvalue weighted by atomic mass is 9.96. The standard InChI is InChI=1S/C15H10ClF3O/c1-9(20)12-3-2-4-13(16)14(12)10-5-7-11(8-6-10)15(17,18)19/h2-8H,1H3. The van der Waals surface area contributed by atoms with Gasteiger partial charge in [0.25, 0.3) is 0 Å². The van der Waals surface area contributed by atoms with E-state index in [2.05, 4.69) is 0 Å². The van der Waals surface area contributed by atoms with E-state index in [0.29, 0.717) is 21.7 Å². The maximum absolute atomic E-state index is 12.5. The molecule has 0 N–H and O–H groups in total. The highest BCUT2D eigenvalue weighted by atomic mass is 35.5. The molecule has 2 aromatic carbocycles. The molecule has 0 bridgehead atoms. The van der Waals surface area contributed by atoms with Gasteiger partial charge in [-0.15, -0.1) is 0 Å². The SMILES string of the molecule is CC(=O)c1cccc(Cl)c1-c1ccc(C(F)(F)F)cc1. The third-order valence-corrected chi connectivity index (χ3v) is 3.21. The van der Waals surface area contributed by atoms with Gasteiger partial charge in [-0.3, -0.25) is 4.79 Å². The van der Waals surface area contributed by atoms with Crippen molar-refractivity contribution in [3.05, 3.63) is 58.6 Å². The summed E-state index contributed by atoms with van der Waals surface area (Å²) in [5.74, 6) is -0.192. The van der Waals surface area contributed by atoms with Crippen molar-refractivity contribution in [1.29, 1.82) is 0 Å². The number of rotatable bonds is 2. The van der Waals surface area contributed by atoms with Crippen LogP contribution in [0.3, 0.4) is 0 Å². The Labute approximate surface area is 119 Å². The molecule has 0 saturated carbocycles. The molecule has 0 aliphatic rings. The first-order valence-electron chi connectivity index (χ1n) is 5.78. The minimum Gasteiger partial charge on any atom is -0.294 e. The lowest BCUT2D eigenvalue weighted by Gasteiger charge is -2.11. The molecule has 0 radical (unpaired) electrons. The van der Waals surface area contributed by atoms with E-state index in [-0.39, 0.29) is 5.78 Å². The summed E-state index contributed by atoms with van der Waals surface area (Å²) in [5, 5.41) is 0.331. The lowest BCUT2D eigenvalue weighted by Crippen LogP contribution is -2.04. The number of hydrogen-bond acceptors (Lipinski definition) is 1. The van der Waals surface area contributed by atoms with E-state index in [1.807, 2.05) is 0 Å². The first kappa shape index (κ1) is 14.6. The van der Waals surface area contributed by atoms with Gasteiger partial charge in [0.05, 0.1) is 5.56 Å². The van der Waals surface area contributed by atoms with E-state index in [1.54, 1.807) is 18.2 Å². The van der Waals surface area contributed by atoms with Gasteiger partial charge in [-0.05, 0) is 30.7 Å². The molecule has 0 aromatic heterocycles. The fourth-order valence-electron chi connectivity index (χ4n) is 1.94. The van der Waals surface area contributed by atoms with Crippen molar-refractivity contribution >= 4 is 17.4 Å². The average Bonchev–Trinajstić information content (AvgIpc) is 2.37. The fourth-order valence-corrected chi connectivity index (χ4v) is 2.22. The predicted molar refractivity (Wildman–Crippen MR) is 71.9 cm³/mol. The minimum atomic E-state index is -4.39. The molecule has 0 aliphatic carbocycles. The van der Waals surface area contributed by atoms with E-state index < -0.39 is 11.7 Å². The second kappa shape index (κ2) is 5.29. The minimum absolute atomic E-state index is 0.192. The van der Waals surface area contributed by atoms with E-state index in [4.69, 9.17) is 11.6 Å². The number of benzene rings is 2. The maximum atomic E-state index is 12.5. The number of ketones is 1. The molecule has 0 atom stereocenters. The van der Waals surface area contributed by atoms with Crippen LogP contribution in [0.5, 0.6) is 0 Å². The van der Waals surface area contributed by atoms with E-state index in [1.165, 1.54) is 19.1 Å². The topological polar surface area (TPSA) is 17.1 Å². The third-order valence-electron chi connectivity index (χ3n) is 2.89. The third kappa shape index (κ3) is 2.85. The summed E-state index contributed by atoms with van der Waals surface area (Å²) in [7, 11) is 0. The Bertz CT molecular complexity index is 645. The Morgan fingerprint density at radius 1 is 1.05 bits per heavy atom. The van der Waals surface area contributed by atoms with Crippen molar-refractivity contribution in [3.63, 3.8) is 0 Å². The first-order chi connectivity index (χ1) is 9.30. The molecule has 2 rings (SSSR count). The number of Topliss-reactive ketones (excluding diaryl/α,β-unsaturated/α-hetero) is 1. The molecule has 1 nitrogen and oxygen atoms in total. The van der Waals surface area contributed by atoms with Gasteiger partial charge in [0.15, 0.2) is 5.78 Å². The molecular weight excluding hydrogens is 289 g/mol. The molecule has 0 amide bonds. The van der Waals surface area contributed by atoms with Crippen molar-refractivity contribution in [2.75, 3.05) is 0 Å². The van der Waals surface area contributed by atoms with Gasteiger partial charge in [-0.25, -0.2) is 0 Å². The molecule has 20 heavy (non-hydrogen) atoms. The van der Waals surface area contributed by atoms with Crippen molar-refractivity contribution in [2.24, 2.45) is 0 Å². The summed E-state index contributed by atoms with van der Waals surface area (Å²) in [6, 6.07) is 9.41. The molecule has 0 fully saturated rings.